The molecule has 0 amide bonds. The number of hydrogen-bond acceptors (Lipinski definition) is 1. The molecule has 0 spiro atoms. The summed E-state index contributed by atoms with van der Waals surface area (Å²) in [6.45, 7) is -0.923. The van der Waals surface area contributed by atoms with Crippen LogP contribution in [0.5, 0.6) is 0 Å². The van der Waals surface area contributed by atoms with E-state index in [0.29, 0.717) is 0 Å². The molecule has 0 saturated heterocycles. The van der Waals surface area contributed by atoms with E-state index < -0.39 is 286 Å². The fourth-order valence-corrected chi connectivity index (χ4v) is 6.91. The highest BCUT2D eigenvalue weighted by Gasteiger charge is 2.35. The number of rotatable bonds is 3. The summed E-state index contributed by atoms with van der Waals surface area (Å²) in [5, 5.41) is -5.05. The SMILES string of the molecule is [2H]c1c([2H])c([2H])c2c(c1[2H])-c1c([2H])c([2H])c(-c3c4c([2H])c([2H])c([2H])c([2H])c4c(-c4c([2H])c([2H])c(-c5c([2H])c([2H])c([2H])c6oc7c([2H])c8c([2H])c([2H])c([2H])c([2H])c8c([2H])c7c56)c([2H])c4[2H])c4c([2H])c([2H])c([2H])c([2H])c34)c([2H])c1C2(C)C([2H])[2H]. The Morgan fingerprint density at radius 2 is 1.00 bits per heavy atom. The number of benzene rings is 9. The molecule has 1 heterocycles. The molecule has 1 heteroatoms. The van der Waals surface area contributed by atoms with Gasteiger partial charge in [0.25, 0.3) is 0 Å². The van der Waals surface area contributed by atoms with Crippen molar-refractivity contribution in [3.63, 3.8) is 0 Å². The fraction of sp³-hybridized carbons (Fsp3) is 0.0588. The smallest absolute Gasteiger partial charge is 0.136 e. The molecule has 1 aromatic heterocycles. The fourth-order valence-electron chi connectivity index (χ4n) is 6.91. The number of hydrogen-bond donors (Lipinski definition) is 0. The van der Waals surface area contributed by atoms with Crippen LogP contribution in [-0.2, 0) is 5.41 Å². The molecular formula is C51H34O. The Balaban J connectivity index is 1.34. The average molecular weight is 693 g/mol. The van der Waals surface area contributed by atoms with E-state index in [2.05, 4.69) is 0 Å². The first-order chi connectivity index (χ1) is 38.2. The van der Waals surface area contributed by atoms with Crippen LogP contribution in [0.3, 0.4) is 0 Å². The molecule has 0 saturated carbocycles. The van der Waals surface area contributed by atoms with Crippen LogP contribution in [0.25, 0.3) is 98.8 Å². The lowest BCUT2D eigenvalue weighted by molar-refractivity contribution is 0.660. The summed E-state index contributed by atoms with van der Waals surface area (Å²) in [6, 6.07) is -25.6. The zero-order chi connectivity index (χ0) is 60.5. The lowest BCUT2D eigenvalue weighted by Crippen LogP contribution is -2.14. The van der Waals surface area contributed by atoms with Crippen LogP contribution in [0.2, 0.25) is 0 Å². The van der Waals surface area contributed by atoms with Gasteiger partial charge in [-0.3, -0.25) is 0 Å². The minimum atomic E-state index is -2.22. The molecule has 244 valence electrons. The van der Waals surface area contributed by atoms with Gasteiger partial charge in [0.2, 0.25) is 0 Å². The van der Waals surface area contributed by atoms with Gasteiger partial charge in [-0.2, -0.15) is 0 Å². The quantitative estimate of drug-likeness (QED) is 0.168. The molecule has 0 aliphatic heterocycles. The predicted molar refractivity (Wildman–Crippen MR) is 220 cm³/mol. The first-order valence-corrected chi connectivity index (χ1v) is 15.7. The first-order valence-electron chi connectivity index (χ1n) is 30.9. The van der Waals surface area contributed by atoms with Crippen molar-refractivity contribution in [2.75, 3.05) is 0 Å². The van der Waals surface area contributed by atoms with Crippen molar-refractivity contribution in [1.29, 1.82) is 0 Å². The van der Waals surface area contributed by atoms with Crippen molar-refractivity contribution in [3.05, 3.63) is 180 Å². The number of furan rings is 1. The topological polar surface area (TPSA) is 13.1 Å². The zero-order valence-electron chi connectivity index (χ0n) is 56.5. The Bertz CT molecular complexity index is 4660. The molecule has 0 radical (unpaired) electrons. The maximum absolute atomic E-state index is 9.97. The molecule has 0 N–H and O–H groups in total. The van der Waals surface area contributed by atoms with Crippen molar-refractivity contribution in [2.45, 2.75) is 19.2 Å². The van der Waals surface area contributed by atoms with Crippen molar-refractivity contribution in [3.8, 4) is 44.5 Å². The van der Waals surface area contributed by atoms with Gasteiger partial charge in [0.15, 0.2) is 0 Å². The third-order valence-electron chi connectivity index (χ3n) is 9.24. The summed E-state index contributed by atoms with van der Waals surface area (Å²) in [6.07, 6.45) is 0. The molecule has 9 aromatic carbocycles. The van der Waals surface area contributed by atoms with E-state index in [1.54, 1.807) is 0 Å². The van der Waals surface area contributed by atoms with Crippen molar-refractivity contribution >= 4 is 54.3 Å². The summed E-state index contributed by atoms with van der Waals surface area (Å²) in [5.41, 5.74) is -9.86. The van der Waals surface area contributed by atoms with Gasteiger partial charge in [-0.05, 0) is 112 Å². The molecular weight excluding hydrogens is 629 g/mol. The third-order valence-corrected chi connectivity index (χ3v) is 9.24. The molecule has 0 fully saturated rings. The van der Waals surface area contributed by atoms with E-state index in [1.807, 2.05) is 0 Å². The number of fused-ring (bicyclic) bond motifs is 9. The maximum Gasteiger partial charge on any atom is 0.136 e. The van der Waals surface area contributed by atoms with Crippen LogP contribution in [0.1, 0.15) is 66.0 Å². The summed E-state index contributed by atoms with van der Waals surface area (Å²) >= 11 is 0. The van der Waals surface area contributed by atoms with Crippen LogP contribution in [-0.4, -0.2) is 0 Å². The van der Waals surface area contributed by atoms with Gasteiger partial charge in [0, 0.05) is 18.9 Å². The molecule has 1 atom stereocenters. The highest BCUT2D eigenvalue weighted by atomic mass is 16.3. The zero-order valence-corrected chi connectivity index (χ0v) is 26.5. The summed E-state index contributed by atoms with van der Waals surface area (Å²) in [5.74, 6) is 0. The Kier molecular flexibility index (Phi) is 2.56. The largest absolute Gasteiger partial charge is 0.456 e. The second kappa shape index (κ2) is 10.8. The lowest BCUT2D eigenvalue weighted by Gasteiger charge is -2.23. The Labute approximate surface area is 344 Å². The molecule has 1 aliphatic rings. The van der Waals surface area contributed by atoms with Crippen molar-refractivity contribution in [2.24, 2.45) is 0 Å². The Morgan fingerprint density at radius 3 is 1.71 bits per heavy atom. The molecule has 1 unspecified atom stereocenters. The van der Waals surface area contributed by atoms with Gasteiger partial charge in [-0.1, -0.05) is 159 Å². The predicted octanol–water partition coefficient (Wildman–Crippen LogP) is 14.4. The normalized spacial score (nSPS) is 23.3. The molecule has 10 aromatic rings. The van der Waals surface area contributed by atoms with Crippen LogP contribution < -0.4 is 0 Å². The van der Waals surface area contributed by atoms with Crippen LogP contribution in [0, 0.1) is 0 Å². The van der Waals surface area contributed by atoms with Crippen molar-refractivity contribution < 1.29 is 45.5 Å². The van der Waals surface area contributed by atoms with Gasteiger partial charge in [0.1, 0.15) is 11.2 Å². The first kappa shape index (κ1) is 12.4. The van der Waals surface area contributed by atoms with E-state index in [9.17, 15) is 17.8 Å². The van der Waals surface area contributed by atoms with Gasteiger partial charge in [-0.15, -0.1) is 0 Å². The Hall–Kier alpha value is -6.44. The monoisotopic (exact) mass is 692 g/mol. The second-order valence-electron chi connectivity index (χ2n) is 12.2. The van der Waals surface area contributed by atoms with Crippen LogP contribution in [0.15, 0.2) is 174 Å². The van der Waals surface area contributed by atoms with Crippen LogP contribution in [0.4, 0.5) is 0 Å². The summed E-state index contributed by atoms with van der Waals surface area (Å²) < 4.78 is 280. The third kappa shape index (κ3) is 4.11. The Morgan fingerprint density at radius 1 is 0.442 bits per heavy atom. The minimum absolute atomic E-state index is 0.373. The molecule has 1 aliphatic carbocycles. The van der Waals surface area contributed by atoms with Crippen LogP contribution >= 0.6 is 0 Å². The standard InChI is InChI=1S/C51H34O/c1-51(2)44-20-10-9-14-37(44)38-27-26-35(29-45(38)51)49-41-17-7-5-15-39(41)48(40-16-6-8-18-42(40)49)32-24-22-31(23-25-32)36-19-11-21-46-50(36)43-28-33-12-3-4-13-34(33)30-47(43)52-46/h3-30H,1-2H3/i1D2,3D,4D,5D,6D,7D,8D,9D,10D,11D,12D,13D,14D,15D,16D,17D,18D,19D,20D,21D,22D,23D,24D,25D,26D,27D,28D,29D,30D. The summed E-state index contributed by atoms with van der Waals surface area (Å²) in [4.78, 5) is 0. The van der Waals surface area contributed by atoms with Gasteiger partial charge in [0.05, 0.1) is 38.4 Å². The molecule has 0 bridgehead atoms. The van der Waals surface area contributed by atoms with E-state index in [4.69, 9.17) is 27.7 Å². The average Bonchev–Trinajstić information content (AvgIpc) is 4.19. The van der Waals surface area contributed by atoms with Gasteiger partial charge >= 0.3 is 0 Å². The molecule has 1 nitrogen and oxygen atoms in total. The molecule has 52 heavy (non-hydrogen) atoms. The van der Waals surface area contributed by atoms with Gasteiger partial charge < -0.3 is 4.42 Å². The van der Waals surface area contributed by atoms with E-state index in [0.717, 1.165) is 0 Å². The van der Waals surface area contributed by atoms with E-state index >= 15 is 0 Å². The lowest BCUT2D eigenvalue weighted by atomic mass is 9.80. The highest BCUT2D eigenvalue weighted by Crippen LogP contribution is 2.51. The van der Waals surface area contributed by atoms with Crippen molar-refractivity contribution in [1.82, 2.24) is 0 Å². The van der Waals surface area contributed by atoms with E-state index in [1.165, 1.54) is 6.92 Å². The summed E-state index contributed by atoms with van der Waals surface area (Å²) in [7, 11) is 0. The maximum atomic E-state index is 9.97. The highest BCUT2D eigenvalue weighted by molar-refractivity contribution is 6.22. The minimum Gasteiger partial charge on any atom is -0.456 e. The second-order valence-corrected chi connectivity index (χ2v) is 12.2. The van der Waals surface area contributed by atoms with Gasteiger partial charge in [-0.25, -0.2) is 0 Å². The van der Waals surface area contributed by atoms with E-state index in [-0.39, 0.29) is 5.56 Å². The molecule has 11 rings (SSSR count).